The van der Waals surface area contributed by atoms with Gasteiger partial charge in [-0.1, -0.05) is 47.9 Å². The predicted octanol–water partition coefficient (Wildman–Crippen LogP) is 4.50. The predicted molar refractivity (Wildman–Crippen MR) is 80.6 cm³/mol. The van der Waals surface area contributed by atoms with Crippen LogP contribution < -0.4 is 0 Å². The van der Waals surface area contributed by atoms with Gasteiger partial charge in [0.1, 0.15) is 4.34 Å². The first-order chi connectivity index (χ1) is 9.17. The molecule has 0 bridgehead atoms. The van der Waals surface area contributed by atoms with Crippen LogP contribution in [-0.4, -0.2) is 14.0 Å². The lowest BCUT2D eigenvalue weighted by molar-refractivity contribution is 0.768. The van der Waals surface area contributed by atoms with E-state index in [1.165, 1.54) is 16.9 Å². The normalized spacial score (nSPS) is 11.5. The number of thiazole rings is 1. The maximum absolute atomic E-state index is 6.20. The highest BCUT2D eigenvalue weighted by atomic mass is 35.5. The van der Waals surface area contributed by atoms with E-state index in [9.17, 15) is 0 Å². The van der Waals surface area contributed by atoms with Crippen molar-refractivity contribution in [3.8, 4) is 0 Å². The number of nitrogens with zero attached hydrogens (tertiary/aromatic N) is 3. The fraction of sp³-hybridized carbons (Fsp3) is 0.308. The second kappa shape index (κ2) is 5.19. The van der Waals surface area contributed by atoms with Crippen LogP contribution in [0, 0.1) is 0 Å². The Morgan fingerprint density at radius 2 is 2.16 bits per heavy atom. The molecule has 0 fully saturated rings. The monoisotopic (exact) mass is 313 g/mol. The van der Waals surface area contributed by atoms with Crippen molar-refractivity contribution in [2.45, 2.75) is 26.3 Å². The van der Waals surface area contributed by atoms with E-state index >= 15 is 0 Å². The van der Waals surface area contributed by atoms with E-state index in [-0.39, 0.29) is 0 Å². The molecule has 0 aliphatic rings. The maximum Gasteiger partial charge on any atom is 0.196 e. The molecule has 0 aliphatic heterocycles. The Hall–Kier alpha value is -0.970. The number of fused-ring (bicyclic) bond motifs is 1. The van der Waals surface area contributed by atoms with Crippen LogP contribution in [0.4, 0.5) is 0 Å². The van der Waals surface area contributed by atoms with Gasteiger partial charge in [0.2, 0.25) is 0 Å². The number of aromatic nitrogens is 3. The highest BCUT2D eigenvalue weighted by Gasteiger charge is 2.13. The molecule has 0 radical (unpaired) electrons. The largest absolute Gasteiger partial charge is 0.348 e. The van der Waals surface area contributed by atoms with Gasteiger partial charge in [-0.15, -0.1) is 0 Å². The minimum atomic E-state index is 0.550. The summed E-state index contributed by atoms with van der Waals surface area (Å²) in [6.45, 7) is 2.89. The van der Waals surface area contributed by atoms with E-state index in [0.717, 1.165) is 27.8 Å². The Balaban J connectivity index is 1.92. The summed E-state index contributed by atoms with van der Waals surface area (Å²) < 4.78 is 4.82. The summed E-state index contributed by atoms with van der Waals surface area (Å²) in [6.07, 6.45) is 8.36. The van der Waals surface area contributed by atoms with Gasteiger partial charge >= 0.3 is 0 Å². The molecule has 0 saturated carbocycles. The zero-order valence-corrected chi connectivity index (χ0v) is 12.8. The van der Waals surface area contributed by atoms with Crippen LogP contribution in [0.15, 0.2) is 24.7 Å². The first kappa shape index (κ1) is 13.0. The molecule has 3 heterocycles. The maximum atomic E-state index is 6.20. The fourth-order valence-corrected chi connectivity index (χ4v) is 3.49. The van der Waals surface area contributed by atoms with Crippen LogP contribution in [-0.2, 0) is 13.0 Å². The second-order valence-corrected chi connectivity index (χ2v) is 6.48. The Bertz CT molecular complexity index is 711. The van der Waals surface area contributed by atoms with Crippen molar-refractivity contribution in [1.82, 2.24) is 14.0 Å². The van der Waals surface area contributed by atoms with Gasteiger partial charge in [-0.05, 0) is 18.1 Å². The van der Waals surface area contributed by atoms with Crippen LogP contribution in [0.2, 0.25) is 9.49 Å². The van der Waals surface area contributed by atoms with E-state index in [2.05, 4.69) is 34.9 Å². The molecule has 100 valence electrons. The van der Waals surface area contributed by atoms with Crippen molar-refractivity contribution in [3.05, 3.63) is 45.4 Å². The quantitative estimate of drug-likeness (QED) is 0.695. The van der Waals surface area contributed by atoms with Crippen molar-refractivity contribution in [2.75, 3.05) is 0 Å². The molecule has 0 aliphatic carbocycles. The summed E-state index contributed by atoms with van der Waals surface area (Å²) in [5.41, 5.74) is 2.32. The molecule has 3 aromatic rings. The zero-order valence-electron chi connectivity index (χ0n) is 10.4. The lowest BCUT2D eigenvalue weighted by Crippen LogP contribution is -2.00. The third kappa shape index (κ3) is 2.53. The minimum absolute atomic E-state index is 0.550. The van der Waals surface area contributed by atoms with Crippen molar-refractivity contribution in [1.29, 1.82) is 0 Å². The van der Waals surface area contributed by atoms with Crippen molar-refractivity contribution in [3.63, 3.8) is 0 Å². The molecule has 0 spiro atoms. The van der Waals surface area contributed by atoms with Gasteiger partial charge in [0, 0.05) is 18.6 Å². The molecule has 0 saturated heterocycles. The van der Waals surface area contributed by atoms with E-state index in [1.807, 2.05) is 10.6 Å². The highest BCUT2D eigenvalue weighted by Crippen LogP contribution is 2.28. The number of aryl methyl sites for hydroxylation is 1. The van der Waals surface area contributed by atoms with Gasteiger partial charge in [-0.3, -0.25) is 4.40 Å². The highest BCUT2D eigenvalue weighted by molar-refractivity contribution is 7.20. The first-order valence-electron chi connectivity index (χ1n) is 6.14. The number of halogens is 2. The second-order valence-electron chi connectivity index (χ2n) is 4.48. The molecule has 19 heavy (non-hydrogen) atoms. The summed E-state index contributed by atoms with van der Waals surface area (Å²) in [5.74, 6) is 0. The van der Waals surface area contributed by atoms with Crippen LogP contribution in [0.1, 0.15) is 24.6 Å². The Kier molecular flexibility index (Phi) is 3.56. The topological polar surface area (TPSA) is 22.2 Å². The lowest BCUT2D eigenvalue weighted by atomic mass is 10.2. The molecule has 0 N–H and O–H groups in total. The molecular weight excluding hydrogens is 301 g/mol. The van der Waals surface area contributed by atoms with Crippen molar-refractivity contribution < 1.29 is 0 Å². The molecule has 0 atom stereocenters. The summed E-state index contributed by atoms with van der Waals surface area (Å²) in [4.78, 5) is 5.16. The Labute approximate surface area is 125 Å². The van der Waals surface area contributed by atoms with Crippen LogP contribution in [0.25, 0.3) is 4.96 Å². The lowest BCUT2D eigenvalue weighted by Gasteiger charge is -2.02. The van der Waals surface area contributed by atoms with Gasteiger partial charge in [-0.25, -0.2) is 4.98 Å². The Morgan fingerprint density at radius 1 is 1.32 bits per heavy atom. The molecule has 0 unspecified atom stereocenters. The van der Waals surface area contributed by atoms with Crippen LogP contribution in [0.3, 0.4) is 0 Å². The molecule has 0 amide bonds. The standard InChI is InChI=1S/C13H13Cl2N3S/c1-2-3-9-4-5-17(6-9)7-10-12(15)16-13-18(10)8-11(14)19-13/h4-6,8H,2-3,7H2,1H3. The third-order valence-electron chi connectivity index (χ3n) is 3.03. The molecule has 3 aromatic heterocycles. The van der Waals surface area contributed by atoms with Gasteiger partial charge in [0.05, 0.1) is 12.2 Å². The molecule has 0 aromatic carbocycles. The van der Waals surface area contributed by atoms with Gasteiger partial charge in [0.15, 0.2) is 10.1 Å². The van der Waals surface area contributed by atoms with Gasteiger partial charge in [-0.2, -0.15) is 0 Å². The number of imidazole rings is 1. The summed E-state index contributed by atoms with van der Waals surface area (Å²) >= 11 is 13.6. The number of rotatable bonds is 4. The smallest absolute Gasteiger partial charge is 0.196 e. The van der Waals surface area contributed by atoms with E-state index in [0.29, 0.717) is 11.7 Å². The summed E-state index contributed by atoms with van der Waals surface area (Å²) in [5, 5.41) is 0.550. The summed E-state index contributed by atoms with van der Waals surface area (Å²) in [7, 11) is 0. The molecule has 3 rings (SSSR count). The van der Waals surface area contributed by atoms with Crippen LogP contribution >= 0.6 is 34.5 Å². The molecule has 3 nitrogen and oxygen atoms in total. The first-order valence-corrected chi connectivity index (χ1v) is 7.71. The molecular formula is C13H13Cl2N3S. The fourth-order valence-electron chi connectivity index (χ4n) is 2.18. The van der Waals surface area contributed by atoms with Gasteiger partial charge < -0.3 is 4.57 Å². The van der Waals surface area contributed by atoms with E-state index in [1.54, 1.807) is 0 Å². The SMILES string of the molecule is CCCc1ccn(Cc2c(Cl)nc3sc(Cl)cn23)c1. The third-order valence-corrected chi connectivity index (χ3v) is 4.43. The molecule has 6 heteroatoms. The minimum Gasteiger partial charge on any atom is -0.348 e. The average molecular weight is 314 g/mol. The number of hydrogen-bond donors (Lipinski definition) is 0. The van der Waals surface area contributed by atoms with Crippen molar-refractivity contribution in [2.24, 2.45) is 0 Å². The number of hydrogen-bond acceptors (Lipinski definition) is 2. The van der Waals surface area contributed by atoms with E-state index < -0.39 is 0 Å². The van der Waals surface area contributed by atoms with E-state index in [4.69, 9.17) is 23.2 Å². The Morgan fingerprint density at radius 3 is 2.95 bits per heavy atom. The zero-order chi connectivity index (χ0) is 13.4. The van der Waals surface area contributed by atoms with Crippen molar-refractivity contribution >= 4 is 39.5 Å². The van der Waals surface area contributed by atoms with Gasteiger partial charge in [0.25, 0.3) is 0 Å². The van der Waals surface area contributed by atoms with Crippen LogP contribution in [0.5, 0.6) is 0 Å². The summed E-state index contributed by atoms with van der Waals surface area (Å²) in [6, 6.07) is 2.15. The average Bonchev–Trinajstić information content (AvgIpc) is 2.99.